The van der Waals surface area contributed by atoms with Gasteiger partial charge >= 0.3 is 5.69 Å². The lowest BCUT2D eigenvalue weighted by Crippen LogP contribution is -2.34. The van der Waals surface area contributed by atoms with Gasteiger partial charge in [0, 0.05) is 31.3 Å². The average Bonchev–Trinajstić information content (AvgIpc) is 3.16. The average molecular weight is 395 g/mol. The first kappa shape index (κ1) is 19.2. The summed E-state index contributed by atoms with van der Waals surface area (Å²) in [7, 11) is 3.27. The highest BCUT2D eigenvalue weighted by Gasteiger charge is 2.25. The number of hydrogen-bond donors (Lipinski definition) is 1. The van der Waals surface area contributed by atoms with Gasteiger partial charge in [0.2, 0.25) is 0 Å². The maximum Gasteiger partial charge on any atom is 0.348 e. The molecule has 8 heteroatoms. The maximum absolute atomic E-state index is 12.5. The van der Waals surface area contributed by atoms with E-state index in [4.69, 9.17) is 9.47 Å². The van der Waals surface area contributed by atoms with Crippen LogP contribution in [0.25, 0.3) is 5.69 Å². The second-order valence-electron chi connectivity index (χ2n) is 7.19. The lowest BCUT2D eigenvalue weighted by atomic mass is 9.97. The molecule has 1 aliphatic rings. The molecule has 1 aliphatic heterocycles. The smallest absolute Gasteiger partial charge is 0.348 e. The van der Waals surface area contributed by atoms with Gasteiger partial charge in [-0.05, 0) is 49.7 Å². The number of piperidine rings is 1. The third-order valence-corrected chi connectivity index (χ3v) is 5.25. The van der Waals surface area contributed by atoms with E-state index in [1.54, 1.807) is 20.4 Å². The molecule has 0 bridgehead atoms. The molecule has 29 heavy (non-hydrogen) atoms. The van der Waals surface area contributed by atoms with Gasteiger partial charge in [0.1, 0.15) is 17.3 Å². The Morgan fingerprint density at radius 3 is 2.69 bits per heavy atom. The van der Waals surface area contributed by atoms with Gasteiger partial charge in [0.25, 0.3) is 0 Å². The van der Waals surface area contributed by atoms with E-state index in [-0.39, 0.29) is 11.6 Å². The lowest BCUT2D eigenvalue weighted by molar-refractivity contribution is 0.194. The molecule has 1 aromatic carbocycles. The number of nitrogens with zero attached hydrogens (tertiary/aromatic N) is 4. The van der Waals surface area contributed by atoms with E-state index in [1.807, 2.05) is 36.4 Å². The normalized spacial score (nSPS) is 17.2. The lowest BCUT2D eigenvalue weighted by Gasteiger charge is -2.31. The molecular formula is C21H25N5O3. The van der Waals surface area contributed by atoms with Crippen LogP contribution in [0.4, 0.5) is 0 Å². The van der Waals surface area contributed by atoms with Gasteiger partial charge in [-0.15, -0.1) is 5.10 Å². The number of aromatic nitrogens is 4. The maximum atomic E-state index is 12.5. The summed E-state index contributed by atoms with van der Waals surface area (Å²) < 4.78 is 11.9. The Kier molecular flexibility index (Phi) is 5.62. The zero-order valence-electron chi connectivity index (χ0n) is 16.7. The molecule has 0 unspecified atom stereocenters. The Morgan fingerprint density at radius 2 is 1.93 bits per heavy atom. The third kappa shape index (κ3) is 4.32. The molecule has 0 saturated carbocycles. The van der Waals surface area contributed by atoms with Gasteiger partial charge in [0.15, 0.2) is 0 Å². The second kappa shape index (κ2) is 8.48. The van der Waals surface area contributed by atoms with Crippen molar-refractivity contribution in [1.29, 1.82) is 0 Å². The van der Waals surface area contributed by atoms with E-state index in [9.17, 15) is 4.79 Å². The van der Waals surface area contributed by atoms with Crippen LogP contribution in [0.5, 0.6) is 11.5 Å². The fraction of sp³-hybridized carbons (Fsp3) is 0.381. The number of nitrogens with one attached hydrogen (secondary N) is 1. The summed E-state index contributed by atoms with van der Waals surface area (Å²) in [6.07, 6.45) is 3.81. The number of pyridine rings is 1. The molecule has 152 valence electrons. The molecule has 0 spiro atoms. The van der Waals surface area contributed by atoms with Crippen LogP contribution in [0.2, 0.25) is 0 Å². The third-order valence-electron chi connectivity index (χ3n) is 5.25. The molecule has 1 fully saturated rings. The van der Waals surface area contributed by atoms with Crippen molar-refractivity contribution in [3.63, 3.8) is 0 Å². The van der Waals surface area contributed by atoms with E-state index < -0.39 is 0 Å². The zero-order valence-corrected chi connectivity index (χ0v) is 16.7. The van der Waals surface area contributed by atoms with Crippen LogP contribution in [0.1, 0.15) is 30.3 Å². The minimum Gasteiger partial charge on any atom is -0.497 e. The molecule has 1 saturated heterocycles. The molecule has 0 amide bonds. The van der Waals surface area contributed by atoms with Crippen molar-refractivity contribution in [2.75, 3.05) is 27.3 Å². The number of H-pyrrole nitrogens is 1. The van der Waals surface area contributed by atoms with Crippen molar-refractivity contribution in [3.8, 4) is 17.2 Å². The first-order valence-corrected chi connectivity index (χ1v) is 9.71. The van der Waals surface area contributed by atoms with Gasteiger partial charge in [-0.3, -0.25) is 14.9 Å². The van der Waals surface area contributed by atoms with Gasteiger partial charge in [-0.25, -0.2) is 4.79 Å². The summed E-state index contributed by atoms with van der Waals surface area (Å²) >= 11 is 0. The largest absolute Gasteiger partial charge is 0.497 e. The number of hydrogen-bond acceptors (Lipinski definition) is 6. The van der Waals surface area contributed by atoms with Crippen molar-refractivity contribution in [3.05, 3.63) is 64.6 Å². The van der Waals surface area contributed by atoms with Gasteiger partial charge < -0.3 is 9.47 Å². The number of benzene rings is 1. The Bertz CT molecular complexity index is 1010. The first-order valence-electron chi connectivity index (χ1n) is 9.71. The number of aromatic amines is 1. The quantitative estimate of drug-likeness (QED) is 0.690. The van der Waals surface area contributed by atoms with Crippen molar-refractivity contribution < 1.29 is 9.47 Å². The van der Waals surface area contributed by atoms with E-state index in [0.29, 0.717) is 5.69 Å². The summed E-state index contributed by atoms with van der Waals surface area (Å²) in [6.45, 7) is 2.57. The highest BCUT2D eigenvalue weighted by Crippen LogP contribution is 2.25. The van der Waals surface area contributed by atoms with Crippen LogP contribution in [0.15, 0.2) is 47.4 Å². The van der Waals surface area contributed by atoms with Crippen LogP contribution in [0.3, 0.4) is 0 Å². The topological polar surface area (TPSA) is 85.3 Å². The van der Waals surface area contributed by atoms with Crippen molar-refractivity contribution in [2.45, 2.75) is 25.3 Å². The second-order valence-corrected chi connectivity index (χ2v) is 7.19. The standard InChI is InChI=1S/C21H25N5O3/c1-28-18-7-5-17(6-8-18)26-21(27)23-20(24-26)15-4-3-11-25(13-15)14-16-12-19(29-2)9-10-22-16/h5-10,12,15H,3-4,11,13-14H2,1-2H3,(H,23,24,27)/t15-/m0/s1. The Morgan fingerprint density at radius 1 is 1.14 bits per heavy atom. The van der Waals surface area contributed by atoms with Gasteiger partial charge in [-0.2, -0.15) is 4.68 Å². The fourth-order valence-corrected chi connectivity index (χ4v) is 3.74. The summed E-state index contributed by atoms with van der Waals surface area (Å²) in [5.74, 6) is 2.47. The molecule has 4 rings (SSSR count). The van der Waals surface area contributed by atoms with Crippen LogP contribution < -0.4 is 15.2 Å². The Labute approximate surface area is 169 Å². The number of ether oxygens (including phenoxy) is 2. The van der Waals surface area contributed by atoms with Crippen LogP contribution >= 0.6 is 0 Å². The minimum atomic E-state index is -0.225. The molecule has 2 aromatic heterocycles. The highest BCUT2D eigenvalue weighted by atomic mass is 16.5. The SMILES string of the molecule is COc1ccc(-n2nc([C@H]3CCCN(Cc4cc(OC)ccn4)C3)[nH]c2=O)cc1. The molecule has 3 aromatic rings. The Hall–Kier alpha value is -3.13. The predicted molar refractivity (Wildman–Crippen MR) is 109 cm³/mol. The minimum absolute atomic E-state index is 0.182. The monoisotopic (exact) mass is 395 g/mol. The number of likely N-dealkylation sites (tertiary alicyclic amines) is 1. The van der Waals surface area contributed by atoms with Crippen molar-refractivity contribution in [2.24, 2.45) is 0 Å². The van der Waals surface area contributed by atoms with Crippen molar-refractivity contribution >= 4 is 0 Å². The molecule has 1 atom stereocenters. The molecule has 0 radical (unpaired) electrons. The van der Waals surface area contributed by atoms with E-state index in [1.165, 1.54) is 4.68 Å². The molecule has 3 heterocycles. The van der Waals surface area contributed by atoms with Crippen LogP contribution in [-0.4, -0.2) is 52.0 Å². The van der Waals surface area contributed by atoms with E-state index >= 15 is 0 Å². The Balaban J connectivity index is 1.48. The van der Waals surface area contributed by atoms with Crippen molar-refractivity contribution in [1.82, 2.24) is 24.6 Å². The molecule has 1 N–H and O–H groups in total. The van der Waals surface area contributed by atoms with Gasteiger partial charge in [0.05, 0.1) is 25.6 Å². The summed E-state index contributed by atoms with van der Waals surface area (Å²) in [5, 5.41) is 4.57. The molecular weight excluding hydrogens is 370 g/mol. The predicted octanol–water partition coefficient (Wildman–Crippen LogP) is 2.35. The molecule has 8 nitrogen and oxygen atoms in total. The number of methoxy groups -OCH3 is 2. The first-order chi connectivity index (χ1) is 14.2. The number of rotatable bonds is 6. The zero-order chi connectivity index (χ0) is 20.2. The summed E-state index contributed by atoms with van der Waals surface area (Å²) in [5.41, 5.74) is 1.46. The summed E-state index contributed by atoms with van der Waals surface area (Å²) in [6, 6.07) is 11.1. The van der Waals surface area contributed by atoms with Crippen LogP contribution in [0, 0.1) is 0 Å². The summed E-state index contributed by atoms with van der Waals surface area (Å²) in [4.78, 5) is 22.2. The highest BCUT2D eigenvalue weighted by molar-refractivity contribution is 5.36. The van der Waals surface area contributed by atoms with E-state index in [0.717, 1.165) is 55.5 Å². The molecule has 0 aliphatic carbocycles. The van der Waals surface area contributed by atoms with Gasteiger partial charge in [-0.1, -0.05) is 0 Å². The fourth-order valence-electron chi connectivity index (χ4n) is 3.74. The van der Waals surface area contributed by atoms with Crippen LogP contribution in [-0.2, 0) is 6.54 Å². The van der Waals surface area contributed by atoms with E-state index in [2.05, 4.69) is 20.0 Å².